The molecule has 0 atom stereocenters. The molecule has 0 unspecified atom stereocenters. The van der Waals surface area contributed by atoms with Crippen molar-refractivity contribution in [2.24, 2.45) is 0 Å². The molecule has 0 bridgehead atoms. The average molecular weight is 434 g/mol. The van der Waals surface area contributed by atoms with E-state index in [4.69, 9.17) is 0 Å². The van der Waals surface area contributed by atoms with Crippen molar-refractivity contribution < 1.29 is 4.79 Å². The molecule has 1 amide bonds. The van der Waals surface area contributed by atoms with Crippen LogP contribution in [0.25, 0.3) is 0 Å². The lowest BCUT2D eigenvalue weighted by atomic mass is 9.84. The number of hydrogen-bond acceptors (Lipinski definition) is 3. The Labute approximate surface area is 189 Å². The fourth-order valence-corrected chi connectivity index (χ4v) is 5.86. The van der Waals surface area contributed by atoms with Gasteiger partial charge in [0.1, 0.15) is 5.54 Å². The van der Waals surface area contributed by atoms with Crippen molar-refractivity contribution in [1.29, 1.82) is 0 Å². The minimum absolute atomic E-state index is 0. The van der Waals surface area contributed by atoms with E-state index in [2.05, 4.69) is 47.1 Å². The lowest BCUT2D eigenvalue weighted by Crippen LogP contribution is -2.58. The highest BCUT2D eigenvalue weighted by atomic mass is 35.5. The molecule has 0 aromatic heterocycles. The zero-order valence-electron chi connectivity index (χ0n) is 18.7. The summed E-state index contributed by atoms with van der Waals surface area (Å²) in [6.07, 6.45) is 14.5. The molecule has 0 N–H and O–H groups in total. The summed E-state index contributed by atoms with van der Waals surface area (Å²) in [6, 6.07) is 11.3. The molecule has 2 heterocycles. The Morgan fingerprint density at radius 3 is 2.03 bits per heavy atom. The topological polar surface area (TPSA) is 26.8 Å². The molecule has 3 aliphatic rings. The number of likely N-dealkylation sites (N-methyl/N-ethyl adjacent to an activating group) is 1. The number of benzene rings is 1. The third kappa shape index (κ3) is 4.80. The van der Waals surface area contributed by atoms with Crippen molar-refractivity contribution in [3.05, 3.63) is 30.3 Å². The molecule has 1 saturated carbocycles. The van der Waals surface area contributed by atoms with Crippen LogP contribution in [0.1, 0.15) is 77.6 Å². The lowest BCUT2D eigenvalue weighted by molar-refractivity contribution is -0.133. The summed E-state index contributed by atoms with van der Waals surface area (Å²) in [4.78, 5) is 20.6. The Hall–Kier alpha value is -1.26. The first-order valence-electron chi connectivity index (χ1n) is 12.1. The number of hydrogen-bond donors (Lipinski definition) is 0. The van der Waals surface area contributed by atoms with Gasteiger partial charge in [0.15, 0.2) is 0 Å². The van der Waals surface area contributed by atoms with Crippen LogP contribution in [0.2, 0.25) is 0 Å². The fourth-order valence-electron chi connectivity index (χ4n) is 5.86. The summed E-state index contributed by atoms with van der Waals surface area (Å²) in [5, 5.41) is 0. The van der Waals surface area contributed by atoms with Gasteiger partial charge in [0.05, 0.1) is 6.67 Å². The number of amides is 1. The number of rotatable bonds is 3. The summed E-state index contributed by atoms with van der Waals surface area (Å²) >= 11 is 0. The molecule has 2 saturated heterocycles. The molecule has 4 rings (SSSR count). The number of halogens is 1. The van der Waals surface area contributed by atoms with Crippen LogP contribution in [0.4, 0.5) is 5.69 Å². The molecule has 4 nitrogen and oxygen atoms in total. The number of anilines is 1. The first-order valence-corrected chi connectivity index (χ1v) is 12.1. The van der Waals surface area contributed by atoms with E-state index in [9.17, 15) is 4.79 Å². The monoisotopic (exact) mass is 433 g/mol. The van der Waals surface area contributed by atoms with Crippen LogP contribution in [0, 0.1) is 0 Å². The van der Waals surface area contributed by atoms with Crippen LogP contribution < -0.4 is 4.90 Å². The number of likely N-dealkylation sites (tertiary alicyclic amines) is 1. The first kappa shape index (κ1) is 23.4. The van der Waals surface area contributed by atoms with Gasteiger partial charge in [-0.3, -0.25) is 4.79 Å². The Morgan fingerprint density at radius 1 is 0.900 bits per heavy atom. The molecule has 168 valence electrons. The molecule has 5 heteroatoms. The SMILES string of the molecule is CCN1CN(c2ccccc2)C2(CCN(C3CCCCCCCCC3)CC2)C1=O.Cl. The highest BCUT2D eigenvalue weighted by molar-refractivity contribution is 5.93. The van der Waals surface area contributed by atoms with Crippen molar-refractivity contribution in [3.8, 4) is 0 Å². The molecule has 30 heavy (non-hydrogen) atoms. The van der Waals surface area contributed by atoms with Crippen LogP contribution in [-0.2, 0) is 4.79 Å². The van der Waals surface area contributed by atoms with Gasteiger partial charge in [0.25, 0.3) is 0 Å². The van der Waals surface area contributed by atoms with Crippen molar-refractivity contribution in [2.75, 3.05) is 31.2 Å². The van der Waals surface area contributed by atoms with E-state index in [0.717, 1.165) is 45.2 Å². The van der Waals surface area contributed by atoms with E-state index in [-0.39, 0.29) is 17.9 Å². The predicted octanol–water partition coefficient (Wildman–Crippen LogP) is 5.46. The Morgan fingerprint density at radius 2 is 1.47 bits per heavy atom. The molecule has 2 aliphatic heterocycles. The number of piperidine rings is 1. The highest BCUT2D eigenvalue weighted by Gasteiger charge is 2.53. The van der Waals surface area contributed by atoms with Gasteiger partial charge in [-0.05, 0) is 44.7 Å². The van der Waals surface area contributed by atoms with E-state index < -0.39 is 0 Å². The van der Waals surface area contributed by atoms with Gasteiger partial charge in [-0.25, -0.2) is 0 Å². The summed E-state index contributed by atoms with van der Waals surface area (Å²) in [5.41, 5.74) is 0.869. The van der Waals surface area contributed by atoms with Crippen molar-refractivity contribution in [3.63, 3.8) is 0 Å². The summed E-state index contributed by atoms with van der Waals surface area (Å²) in [6.45, 7) is 5.78. The van der Waals surface area contributed by atoms with E-state index in [1.54, 1.807) is 0 Å². The maximum atomic E-state index is 13.4. The van der Waals surface area contributed by atoms with Crippen molar-refractivity contribution in [1.82, 2.24) is 9.80 Å². The summed E-state index contributed by atoms with van der Waals surface area (Å²) in [5.74, 6) is 0.356. The van der Waals surface area contributed by atoms with Crippen LogP contribution in [-0.4, -0.2) is 53.6 Å². The zero-order valence-corrected chi connectivity index (χ0v) is 19.5. The van der Waals surface area contributed by atoms with E-state index >= 15 is 0 Å². The van der Waals surface area contributed by atoms with Crippen molar-refractivity contribution in [2.45, 2.75) is 89.1 Å². The van der Waals surface area contributed by atoms with E-state index in [1.165, 1.54) is 63.5 Å². The first-order chi connectivity index (χ1) is 14.2. The number of para-hydroxylation sites is 1. The van der Waals surface area contributed by atoms with Gasteiger partial charge in [-0.15, -0.1) is 12.4 Å². The van der Waals surface area contributed by atoms with Crippen molar-refractivity contribution >= 4 is 24.0 Å². The second-order valence-corrected chi connectivity index (χ2v) is 9.34. The molecule has 3 fully saturated rings. The quantitative estimate of drug-likeness (QED) is 0.633. The second-order valence-electron chi connectivity index (χ2n) is 9.34. The van der Waals surface area contributed by atoms with Crippen LogP contribution >= 0.6 is 12.4 Å². The van der Waals surface area contributed by atoms with Gasteiger partial charge in [-0.2, -0.15) is 0 Å². The van der Waals surface area contributed by atoms with Crippen LogP contribution in [0.15, 0.2) is 30.3 Å². The Balaban J connectivity index is 0.00000256. The van der Waals surface area contributed by atoms with E-state index in [0.29, 0.717) is 5.91 Å². The molecule has 1 spiro atoms. The molecule has 0 radical (unpaired) electrons. The summed E-state index contributed by atoms with van der Waals surface area (Å²) in [7, 11) is 0. The number of carbonyl (C=O) groups is 1. The van der Waals surface area contributed by atoms with Gasteiger partial charge in [0, 0.05) is 31.4 Å². The smallest absolute Gasteiger partial charge is 0.250 e. The van der Waals surface area contributed by atoms with Gasteiger partial charge < -0.3 is 14.7 Å². The normalized spacial score (nSPS) is 24.1. The lowest BCUT2D eigenvalue weighted by Gasteiger charge is -2.45. The van der Waals surface area contributed by atoms with Crippen LogP contribution in [0.5, 0.6) is 0 Å². The third-order valence-corrected chi connectivity index (χ3v) is 7.68. The highest BCUT2D eigenvalue weighted by Crippen LogP contribution is 2.40. The predicted molar refractivity (Wildman–Crippen MR) is 127 cm³/mol. The molecular formula is C25H40ClN3O. The summed E-state index contributed by atoms with van der Waals surface area (Å²) < 4.78 is 0. The largest absolute Gasteiger partial charge is 0.339 e. The van der Waals surface area contributed by atoms with Gasteiger partial charge in [0.2, 0.25) is 5.91 Å². The molecule has 1 aromatic rings. The average Bonchev–Trinajstić information content (AvgIpc) is 3.04. The number of carbonyl (C=O) groups excluding carboxylic acids is 1. The van der Waals surface area contributed by atoms with Gasteiger partial charge in [-0.1, -0.05) is 63.1 Å². The third-order valence-electron chi connectivity index (χ3n) is 7.68. The Bertz CT molecular complexity index is 650. The molecule has 1 aromatic carbocycles. The standard InChI is InChI=1S/C25H39N3O.ClH/c1-2-26-21-28(23-15-11-8-12-16-23)25(24(26)29)17-19-27(20-18-25)22-13-9-6-4-3-5-7-10-14-22;/h8,11-12,15-16,22H,2-7,9-10,13-14,17-21H2,1H3;1H. The maximum Gasteiger partial charge on any atom is 0.250 e. The number of nitrogens with zero attached hydrogens (tertiary/aromatic N) is 3. The van der Waals surface area contributed by atoms with Gasteiger partial charge >= 0.3 is 0 Å². The molecule has 1 aliphatic carbocycles. The second kappa shape index (κ2) is 10.9. The zero-order chi connectivity index (χ0) is 20.1. The van der Waals surface area contributed by atoms with E-state index in [1.807, 2.05) is 4.90 Å². The van der Waals surface area contributed by atoms with Crippen LogP contribution in [0.3, 0.4) is 0 Å². The minimum atomic E-state index is -0.330. The fraction of sp³-hybridized carbons (Fsp3) is 0.720. The Kier molecular flexibility index (Phi) is 8.47. The minimum Gasteiger partial charge on any atom is -0.339 e. The molecular weight excluding hydrogens is 394 g/mol. The maximum absolute atomic E-state index is 13.4.